The van der Waals surface area contributed by atoms with E-state index in [1.165, 1.54) is 4.31 Å². The average Bonchev–Trinajstić information content (AvgIpc) is 3.20. The number of piperazine rings is 1. The van der Waals surface area contributed by atoms with Crippen molar-refractivity contribution in [2.75, 3.05) is 38.5 Å². The molecule has 0 bridgehead atoms. The topological polar surface area (TPSA) is 84.7 Å². The fourth-order valence-electron chi connectivity index (χ4n) is 4.11. The number of sulfonamides is 1. The number of benzene rings is 1. The Labute approximate surface area is 167 Å². The second-order valence-electron chi connectivity index (χ2n) is 7.39. The predicted octanol–water partition coefficient (Wildman–Crippen LogP) is 1.60. The lowest BCUT2D eigenvalue weighted by atomic mass is 10.1. The molecule has 1 aromatic rings. The first-order valence-corrected chi connectivity index (χ1v) is 11.6. The largest absolute Gasteiger partial charge is 0.339 e. The number of nitriles is 1. The molecule has 0 radical (unpaired) electrons. The van der Waals surface area contributed by atoms with E-state index in [-0.39, 0.29) is 17.7 Å². The second kappa shape index (κ2) is 9.03. The fourth-order valence-corrected chi connectivity index (χ4v) is 5.85. The molecule has 2 heterocycles. The van der Waals surface area contributed by atoms with Crippen LogP contribution in [0.1, 0.15) is 37.8 Å². The van der Waals surface area contributed by atoms with Crippen LogP contribution in [0.3, 0.4) is 0 Å². The van der Waals surface area contributed by atoms with E-state index in [2.05, 4.69) is 11.0 Å². The third-order valence-corrected chi connectivity index (χ3v) is 7.61. The molecule has 0 aliphatic carbocycles. The van der Waals surface area contributed by atoms with Crippen LogP contribution in [0.15, 0.2) is 30.3 Å². The number of rotatable bonds is 6. The lowest BCUT2D eigenvalue weighted by molar-refractivity contribution is -0.136. The number of amides is 1. The van der Waals surface area contributed by atoms with Crippen LogP contribution in [0, 0.1) is 11.3 Å². The summed E-state index contributed by atoms with van der Waals surface area (Å²) in [4.78, 5) is 16.9. The summed E-state index contributed by atoms with van der Waals surface area (Å²) < 4.78 is 26.4. The molecule has 2 fully saturated rings. The van der Waals surface area contributed by atoms with Crippen molar-refractivity contribution < 1.29 is 13.2 Å². The molecular weight excluding hydrogens is 376 g/mol. The van der Waals surface area contributed by atoms with Crippen molar-refractivity contribution in [3.05, 3.63) is 35.9 Å². The lowest BCUT2D eigenvalue weighted by Gasteiger charge is -2.38. The number of hydrogen-bond donors (Lipinski definition) is 0. The van der Waals surface area contributed by atoms with Gasteiger partial charge in [0.05, 0.1) is 11.8 Å². The molecule has 2 unspecified atom stereocenters. The monoisotopic (exact) mass is 404 g/mol. The van der Waals surface area contributed by atoms with Gasteiger partial charge in [-0.05, 0) is 24.8 Å². The Morgan fingerprint density at radius 2 is 1.86 bits per heavy atom. The summed E-state index contributed by atoms with van der Waals surface area (Å²) in [6, 6.07) is 11.1. The van der Waals surface area contributed by atoms with Crippen LogP contribution in [0.25, 0.3) is 0 Å². The molecule has 0 saturated carbocycles. The van der Waals surface area contributed by atoms with E-state index in [4.69, 9.17) is 0 Å². The summed E-state index contributed by atoms with van der Waals surface area (Å²) >= 11 is 0. The number of carbonyl (C=O) groups is 1. The summed E-state index contributed by atoms with van der Waals surface area (Å²) in [5.41, 5.74) is 0.956. The molecule has 3 rings (SSSR count). The van der Waals surface area contributed by atoms with Gasteiger partial charge >= 0.3 is 0 Å². The molecule has 2 aliphatic heterocycles. The zero-order chi connectivity index (χ0) is 20.1. The van der Waals surface area contributed by atoms with Crippen molar-refractivity contribution in [2.45, 2.75) is 38.3 Å². The highest BCUT2D eigenvalue weighted by molar-refractivity contribution is 7.89. The lowest BCUT2D eigenvalue weighted by Crippen LogP contribution is -2.54. The first-order chi connectivity index (χ1) is 13.5. The Balaban J connectivity index is 1.63. The zero-order valence-corrected chi connectivity index (χ0v) is 17.1. The van der Waals surface area contributed by atoms with Crippen molar-refractivity contribution >= 4 is 15.9 Å². The van der Waals surface area contributed by atoms with Gasteiger partial charge in [0.2, 0.25) is 15.9 Å². The number of hydrogen-bond acceptors (Lipinski definition) is 5. The molecule has 152 valence electrons. The van der Waals surface area contributed by atoms with Crippen LogP contribution in [-0.4, -0.2) is 72.9 Å². The molecule has 2 atom stereocenters. The van der Waals surface area contributed by atoms with E-state index in [0.29, 0.717) is 45.6 Å². The van der Waals surface area contributed by atoms with Crippen LogP contribution in [-0.2, 0) is 14.8 Å². The highest BCUT2D eigenvalue weighted by Crippen LogP contribution is 2.26. The molecule has 7 nitrogen and oxygen atoms in total. The Bertz CT molecular complexity index is 814. The van der Waals surface area contributed by atoms with Gasteiger partial charge in [-0.3, -0.25) is 9.69 Å². The van der Waals surface area contributed by atoms with Crippen molar-refractivity contribution in [3.8, 4) is 6.07 Å². The molecule has 0 N–H and O–H groups in total. The van der Waals surface area contributed by atoms with E-state index >= 15 is 0 Å². The minimum absolute atomic E-state index is 0.0888. The smallest absolute Gasteiger partial charge is 0.241 e. The van der Waals surface area contributed by atoms with Gasteiger partial charge in [-0.15, -0.1) is 0 Å². The minimum atomic E-state index is -3.37. The summed E-state index contributed by atoms with van der Waals surface area (Å²) in [7, 11) is -3.37. The van der Waals surface area contributed by atoms with Crippen LogP contribution in [0.2, 0.25) is 0 Å². The number of nitrogens with zero attached hydrogens (tertiary/aromatic N) is 4. The Hall–Kier alpha value is -1.95. The van der Waals surface area contributed by atoms with Crippen molar-refractivity contribution in [1.82, 2.24) is 14.1 Å². The highest BCUT2D eigenvalue weighted by Gasteiger charge is 2.40. The van der Waals surface area contributed by atoms with Crippen LogP contribution in [0.5, 0.6) is 0 Å². The average molecular weight is 405 g/mol. The normalized spacial score (nSPS) is 22.7. The first-order valence-electron chi connectivity index (χ1n) is 9.95. The Morgan fingerprint density at radius 1 is 1.18 bits per heavy atom. The van der Waals surface area contributed by atoms with E-state index in [1.807, 2.05) is 37.3 Å². The van der Waals surface area contributed by atoms with Crippen LogP contribution in [0.4, 0.5) is 0 Å². The van der Waals surface area contributed by atoms with Crippen molar-refractivity contribution in [1.29, 1.82) is 5.26 Å². The van der Waals surface area contributed by atoms with E-state index in [9.17, 15) is 18.5 Å². The second-order valence-corrected chi connectivity index (χ2v) is 9.43. The van der Waals surface area contributed by atoms with E-state index < -0.39 is 16.1 Å². The summed E-state index contributed by atoms with van der Waals surface area (Å²) in [5.74, 6) is -0.00378. The summed E-state index contributed by atoms with van der Waals surface area (Å²) in [6.07, 6.45) is 1.87. The first kappa shape index (κ1) is 20.8. The van der Waals surface area contributed by atoms with Gasteiger partial charge in [-0.2, -0.15) is 9.57 Å². The quantitative estimate of drug-likeness (QED) is 0.719. The maximum Gasteiger partial charge on any atom is 0.241 e. The minimum Gasteiger partial charge on any atom is -0.339 e. The molecule has 2 saturated heterocycles. The van der Waals surface area contributed by atoms with E-state index in [0.717, 1.165) is 12.0 Å². The Kier molecular flexibility index (Phi) is 6.70. The summed E-state index contributed by atoms with van der Waals surface area (Å²) in [6.45, 7) is 4.51. The van der Waals surface area contributed by atoms with Crippen LogP contribution >= 0.6 is 0 Å². The van der Waals surface area contributed by atoms with Gasteiger partial charge in [-0.1, -0.05) is 37.3 Å². The van der Waals surface area contributed by atoms with Gasteiger partial charge in [0.25, 0.3) is 0 Å². The standard InChI is InChI=1S/C20H28N4O3S/c1-2-15-28(26,27)24-10-6-9-18(24)20(25)23-13-11-22(12-14-23)19(16-21)17-7-4-3-5-8-17/h3-5,7-8,18-19H,2,6,9-15H2,1H3. The molecule has 2 aliphatic rings. The summed E-state index contributed by atoms with van der Waals surface area (Å²) in [5, 5.41) is 9.61. The molecular formula is C20H28N4O3S. The molecule has 1 amide bonds. The molecule has 8 heteroatoms. The van der Waals surface area contributed by atoms with Gasteiger partial charge in [0.1, 0.15) is 12.1 Å². The SMILES string of the molecule is CCCS(=O)(=O)N1CCCC1C(=O)N1CCN(C(C#N)c2ccccc2)CC1. The maximum atomic E-state index is 13.0. The molecule has 0 spiro atoms. The highest BCUT2D eigenvalue weighted by atomic mass is 32.2. The third-order valence-electron chi connectivity index (χ3n) is 5.54. The van der Waals surface area contributed by atoms with Crippen molar-refractivity contribution in [2.24, 2.45) is 0 Å². The van der Waals surface area contributed by atoms with Gasteiger partial charge in [0, 0.05) is 32.7 Å². The van der Waals surface area contributed by atoms with E-state index in [1.54, 1.807) is 4.90 Å². The third kappa shape index (κ3) is 4.37. The maximum absolute atomic E-state index is 13.0. The Morgan fingerprint density at radius 3 is 2.46 bits per heavy atom. The van der Waals surface area contributed by atoms with Gasteiger partial charge in [0.15, 0.2) is 0 Å². The van der Waals surface area contributed by atoms with Crippen molar-refractivity contribution in [3.63, 3.8) is 0 Å². The van der Waals surface area contributed by atoms with Crippen LogP contribution < -0.4 is 0 Å². The molecule has 1 aromatic carbocycles. The number of carbonyl (C=O) groups excluding carboxylic acids is 1. The van der Waals surface area contributed by atoms with Gasteiger partial charge in [-0.25, -0.2) is 8.42 Å². The van der Waals surface area contributed by atoms with Gasteiger partial charge < -0.3 is 4.90 Å². The molecule has 28 heavy (non-hydrogen) atoms. The molecule has 0 aromatic heterocycles. The predicted molar refractivity (Wildman–Crippen MR) is 107 cm³/mol. The fraction of sp³-hybridized carbons (Fsp3) is 0.600. The zero-order valence-electron chi connectivity index (χ0n) is 16.3.